The van der Waals surface area contributed by atoms with Crippen molar-refractivity contribution in [3.05, 3.63) is 42.5 Å². The van der Waals surface area contributed by atoms with E-state index in [2.05, 4.69) is 10.2 Å². The van der Waals surface area contributed by atoms with E-state index in [1.165, 1.54) is 32.4 Å². The summed E-state index contributed by atoms with van der Waals surface area (Å²) in [4.78, 5) is 4.95. The standard InChI is InChI=1S/C18H24N4O6S/c1-25-16-9-8-13(12-17(16)26-2)29(23,24)22-14-6-3-4-7-15(14)27-10-5-11-28-21-18(19)20/h3-4,6-9,12,22H,5,10-11H2,1-2H3,(H4,19,20,21). The molecule has 0 aromatic heterocycles. The molecular weight excluding hydrogens is 400 g/mol. The van der Waals surface area contributed by atoms with Gasteiger partial charge < -0.3 is 19.9 Å². The topological polar surface area (TPSA) is 145 Å². The number of hydrogen-bond donors (Lipinski definition) is 4. The Kier molecular flexibility index (Phi) is 7.92. The second-order valence-electron chi connectivity index (χ2n) is 5.68. The number of hydroxylamine groups is 1. The molecule has 29 heavy (non-hydrogen) atoms. The maximum Gasteiger partial charge on any atom is 0.262 e. The Morgan fingerprint density at radius 1 is 1.03 bits per heavy atom. The van der Waals surface area contributed by atoms with E-state index in [0.29, 0.717) is 29.4 Å². The Bertz CT molecular complexity index is 936. The van der Waals surface area contributed by atoms with E-state index in [9.17, 15) is 8.42 Å². The van der Waals surface area contributed by atoms with Crippen LogP contribution in [-0.4, -0.2) is 41.8 Å². The van der Waals surface area contributed by atoms with Crippen LogP contribution in [0.1, 0.15) is 6.42 Å². The maximum atomic E-state index is 12.8. The predicted octanol–water partition coefficient (Wildman–Crippen LogP) is 1.69. The lowest BCUT2D eigenvalue weighted by molar-refractivity contribution is 0.0734. The van der Waals surface area contributed by atoms with Crippen molar-refractivity contribution in [2.75, 3.05) is 32.2 Å². The number of hydrogen-bond acceptors (Lipinski definition) is 7. The fourth-order valence-electron chi connectivity index (χ4n) is 2.31. The van der Waals surface area contributed by atoms with E-state index in [-0.39, 0.29) is 24.1 Å². The van der Waals surface area contributed by atoms with Gasteiger partial charge in [0, 0.05) is 12.5 Å². The third-order valence-corrected chi connectivity index (χ3v) is 4.99. The zero-order valence-electron chi connectivity index (χ0n) is 16.1. The summed E-state index contributed by atoms with van der Waals surface area (Å²) in [5.41, 5.74) is 7.61. The van der Waals surface area contributed by atoms with Crippen LogP contribution in [0, 0.1) is 5.41 Å². The van der Waals surface area contributed by atoms with Gasteiger partial charge in [0.05, 0.1) is 38.0 Å². The Morgan fingerprint density at radius 2 is 1.76 bits per heavy atom. The molecule has 0 radical (unpaired) electrons. The van der Waals surface area contributed by atoms with Gasteiger partial charge in [-0.15, -0.1) is 0 Å². The molecule has 0 saturated carbocycles. The summed E-state index contributed by atoms with van der Waals surface area (Å²) in [5, 5.41) is 6.97. The molecule has 0 aliphatic rings. The predicted molar refractivity (Wildman–Crippen MR) is 108 cm³/mol. The number of sulfonamides is 1. The zero-order valence-corrected chi connectivity index (χ0v) is 16.9. The molecule has 0 aliphatic heterocycles. The molecule has 0 fully saturated rings. The van der Waals surface area contributed by atoms with Crippen LogP contribution in [0.3, 0.4) is 0 Å². The first-order valence-corrected chi connectivity index (χ1v) is 10.0. The number of nitrogens with two attached hydrogens (primary N) is 1. The van der Waals surface area contributed by atoms with Crippen LogP contribution in [0.15, 0.2) is 47.4 Å². The SMILES string of the molecule is COc1ccc(S(=O)(=O)Nc2ccccc2OCCCONC(=N)N)cc1OC. The third-order valence-electron chi connectivity index (χ3n) is 3.63. The van der Waals surface area contributed by atoms with Crippen LogP contribution in [0.25, 0.3) is 0 Å². The summed E-state index contributed by atoms with van der Waals surface area (Å²) in [6.07, 6.45) is 0.497. The highest BCUT2D eigenvalue weighted by Gasteiger charge is 2.19. The van der Waals surface area contributed by atoms with Crippen molar-refractivity contribution in [3.63, 3.8) is 0 Å². The van der Waals surface area contributed by atoms with Crippen molar-refractivity contribution in [3.8, 4) is 17.2 Å². The van der Waals surface area contributed by atoms with Crippen molar-refractivity contribution in [2.24, 2.45) is 5.73 Å². The largest absolute Gasteiger partial charge is 0.493 e. The van der Waals surface area contributed by atoms with Gasteiger partial charge in [-0.05, 0) is 24.3 Å². The van der Waals surface area contributed by atoms with Crippen LogP contribution >= 0.6 is 0 Å². The molecule has 2 aromatic carbocycles. The molecule has 2 rings (SSSR count). The van der Waals surface area contributed by atoms with Crippen molar-refractivity contribution in [1.29, 1.82) is 5.41 Å². The Morgan fingerprint density at radius 3 is 2.45 bits per heavy atom. The van der Waals surface area contributed by atoms with E-state index in [1.807, 2.05) is 0 Å². The average Bonchev–Trinajstić information content (AvgIpc) is 2.70. The monoisotopic (exact) mass is 424 g/mol. The molecule has 10 nitrogen and oxygen atoms in total. The summed E-state index contributed by atoms with van der Waals surface area (Å²) in [7, 11) is -0.978. The van der Waals surface area contributed by atoms with Gasteiger partial charge in [-0.2, -0.15) is 0 Å². The van der Waals surface area contributed by atoms with E-state index in [4.69, 9.17) is 30.2 Å². The van der Waals surface area contributed by atoms with Crippen LogP contribution in [0.4, 0.5) is 5.69 Å². The number of nitrogens with one attached hydrogen (secondary N) is 3. The summed E-state index contributed by atoms with van der Waals surface area (Å²) in [6, 6.07) is 11.0. The molecule has 158 valence electrons. The minimum Gasteiger partial charge on any atom is -0.493 e. The number of ether oxygens (including phenoxy) is 3. The van der Waals surface area contributed by atoms with E-state index < -0.39 is 10.0 Å². The van der Waals surface area contributed by atoms with Gasteiger partial charge in [-0.3, -0.25) is 15.0 Å². The first-order valence-electron chi connectivity index (χ1n) is 8.56. The van der Waals surface area contributed by atoms with Crippen LogP contribution in [-0.2, 0) is 14.9 Å². The summed E-state index contributed by atoms with van der Waals surface area (Å²) >= 11 is 0. The molecule has 2 aromatic rings. The minimum atomic E-state index is -3.88. The zero-order chi connectivity index (χ0) is 21.3. The number of methoxy groups -OCH3 is 2. The van der Waals surface area contributed by atoms with E-state index in [0.717, 1.165) is 0 Å². The molecular formula is C18H24N4O6S. The van der Waals surface area contributed by atoms with E-state index >= 15 is 0 Å². The lowest BCUT2D eigenvalue weighted by Gasteiger charge is -2.15. The number of anilines is 1. The van der Waals surface area contributed by atoms with Gasteiger partial charge in [0.15, 0.2) is 11.5 Å². The number of rotatable bonds is 11. The Hall–Kier alpha value is -3.18. The molecule has 0 heterocycles. The molecule has 0 bridgehead atoms. The van der Waals surface area contributed by atoms with Crippen molar-refractivity contribution in [2.45, 2.75) is 11.3 Å². The quantitative estimate of drug-likeness (QED) is 0.185. The molecule has 11 heteroatoms. The van der Waals surface area contributed by atoms with Gasteiger partial charge in [0.1, 0.15) is 5.75 Å². The van der Waals surface area contributed by atoms with Crippen LogP contribution < -0.4 is 30.1 Å². The maximum absolute atomic E-state index is 12.8. The molecule has 0 spiro atoms. The number of para-hydroxylation sites is 2. The van der Waals surface area contributed by atoms with Gasteiger partial charge in [0.25, 0.3) is 10.0 Å². The number of guanidine groups is 1. The molecule has 0 unspecified atom stereocenters. The first-order chi connectivity index (χ1) is 13.9. The molecule has 0 amide bonds. The fourth-order valence-corrected chi connectivity index (χ4v) is 3.39. The molecule has 0 saturated heterocycles. The smallest absolute Gasteiger partial charge is 0.262 e. The molecule has 5 N–H and O–H groups in total. The minimum absolute atomic E-state index is 0.0219. The summed E-state index contributed by atoms with van der Waals surface area (Å²) in [6.45, 7) is 0.536. The highest BCUT2D eigenvalue weighted by molar-refractivity contribution is 7.92. The van der Waals surface area contributed by atoms with Gasteiger partial charge in [-0.1, -0.05) is 12.1 Å². The lowest BCUT2D eigenvalue weighted by atomic mass is 10.3. The van der Waals surface area contributed by atoms with Gasteiger partial charge >= 0.3 is 0 Å². The normalized spacial score (nSPS) is 10.8. The second kappa shape index (κ2) is 10.4. The van der Waals surface area contributed by atoms with Crippen LogP contribution in [0.5, 0.6) is 17.2 Å². The second-order valence-corrected chi connectivity index (χ2v) is 7.37. The highest BCUT2D eigenvalue weighted by Crippen LogP contribution is 2.31. The van der Waals surface area contributed by atoms with Crippen molar-refractivity contribution < 1.29 is 27.5 Å². The summed E-state index contributed by atoms with van der Waals surface area (Å²) in [5.74, 6) is 0.813. The molecule has 0 atom stereocenters. The Labute approximate surface area is 169 Å². The summed E-state index contributed by atoms with van der Waals surface area (Å²) < 4.78 is 44.0. The van der Waals surface area contributed by atoms with E-state index in [1.54, 1.807) is 24.3 Å². The average molecular weight is 424 g/mol. The van der Waals surface area contributed by atoms with Crippen LogP contribution in [0.2, 0.25) is 0 Å². The lowest BCUT2D eigenvalue weighted by Crippen LogP contribution is -2.30. The highest BCUT2D eigenvalue weighted by atomic mass is 32.2. The number of benzene rings is 2. The first kappa shape index (κ1) is 22.1. The van der Waals surface area contributed by atoms with Crippen molar-refractivity contribution in [1.82, 2.24) is 5.48 Å². The van der Waals surface area contributed by atoms with Crippen molar-refractivity contribution >= 4 is 21.7 Å². The third kappa shape index (κ3) is 6.43. The van der Waals surface area contributed by atoms with Gasteiger partial charge in [0.2, 0.25) is 5.96 Å². The fraction of sp³-hybridized carbons (Fsp3) is 0.278. The van der Waals surface area contributed by atoms with Gasteiger partial charge in [-0.25, -0.2) is 13.9 Å². The Balaban J connectivity index is 2.06. The molecule has 0 aliphatic carbocycles.